The molecule has 149 heavy (non-hydrogen) atoms. The summed E-state index contributed by atoms with van der Waals surface area (Å²) in [5, 5.41) is 35.7. The maximum atomic E-state index is 14.4. The number of benzene rings is 6. The maximum Gasteiger partial charge on any atom is 0.249 e. The van der Waals surface area contributed by atoms with E-state index in [4.69, 9.17) is 29.4 Å². The van der Waals surface area contributed by atoms with Crippen molar-refractivity contribution in [1.29, 1.82) is 0 Å². The molecule has 0 unspecified atom stereocenters. The Hall–Kier alpha value is -12.0. The third kappa shape index (κ3) is 25.4. The Morgan fingerprint density at radius 3 is 1.14 bits per heavy atom. The van der Waals surface area contributed by atoms with Gasteiger partial charge in [-0.3, -0.25) is 52.7 Å². The number of ether oxygens (including phenoxy) is 2. The van der Waals surface area contributed by atoms with E-state index in [1.54, 1.807) is 60.9 Å². The highest BCUT2D eigenvalue weighted by molar-refractivity contribution is 7.11. The maximum absolute atomic E-state index is 14.4. The molecule has 20 rings (SSSR count). The van der Waals surface area contributed by atoms with Crippen LogP contribution in [0.15, 0.2) is 171 Å². The predicted octanol–water partition coefficient (Wildman–Crippen LogP) is 18.9. The summed E-state index contributed by atoms with van der Waals surface area (Å²) >= 11 is 6.19. The van der Waals surface area contributed by atoms with Crippen molar-refractivity contribution in [2.45, 2.75) is 257 Å². The van der Waals surface area contributed by atoms with Crippen LogP contribution in [-0.4, -0.2) is 205 Å². The molecule has 8 aliphatic rings. The van der Waals surface area contributed by atoms with Crippen LogP contribution in [0.4, 0.5) is 4.39 Å². The molecule has 0 bridgehead atoms. The van der Waals surface area contributed by atoms with Crippen LogP contribution >= 0.6 is 45.3 Å². The number of Topliss-reactive ketones (excluding diaryl/α,β-unsaturated/α-hetero) is 1. The zero-order valence-corrected chi connectivity index (χ0v) is 89.6. The molecule has 12 heterocycles. The normalized spacial score (nSPS) is 20.1. The van der Waals surface area contributed by atoms with E-state index < -0.39 is 30.2 Å². The largest absolute Gasteiger partial charge is 0.381 e. The average molecular weight is 2100 g/mol. The second-order valence-electron chi connectivity index (χ2n) is 40.9. The number of rotatable bonds is 29. The van der Waals surface area contributed by atoms with Gasteiger partial charge in [-0.2, -0.15) is 0 Å². The molecule has 29 nitrogen and oxygen atoms in total. The molecule has 0 spiro atoms. The Kier molecular flexibility index (Phi) is 36.9. The van der Waals surface area contributed by atoms with Crippen molar-refractivity contribution < 1.29 is 57.0 Å². The number of fused-ring (bicyclic) bond motifs is 4. The minimum absolute atomic E-state index is 0.0237. The van der Waals surface area contributed by atoms with Gasteiger partial charge in [0.15, 0.2) is 0 Å². The van der Waals surface area contributed by atoms with E-state index in [0.29, 0.717) is 90.2 Å². The van der Waals surface area contributed by atoms with Gasteiger partial charge in [0.05, 0.1) is 59.0 Å². The smallest absolute Gasteiger partial charge is 0.249 e. The van der Waals surface area contributed by atoms with E-state index in [1.807, 2.05) is 156 Å². The van der Waals surface area contributed by atoms with Gasteiger partial charge in [0.2, 0.25) is 58.4 Å². The number of nitrogens with one attached hydrogen (secondary N) is 8. The van der Waals surface area contributed by atoms with Gasteiger partial charge in [0.1, 0.15) is 55.8 Å². The van der Waals surface area contributed by atoms with E-state index in [1.165, 1.54) is 40.5 Å². The number of carbonyl (C=O) groups excluding carboxylic acids is 9. The van der Waals surface area contributed by atoms with Crippen LogP contribution in [0.1, 0.15) is 240 Å². The molecular weight excluding hydrogens is 1960 g/mol. The summed E-state index contributed by atoms with van der Waals surface area (Å²) in [4.78, 5) is 177. The number of aromatic amines is 2. The first kappa shape index (κ1) is 108. The van der Waals surface area contributed by atoms with Gasteiger partial charge < -0.3 is 70.9 Å². The highest BCUT2D eigenvalue weighted by Gasteiger charge is 2.47. The van der Waals surface area contributed by atoms with Crippen LogP contribution in [0.5, 0.6) is 0 Å². The number of carbonyl (C=O) groups is 9. The van der Waals surface area contributed by atoms with Crippen molar-refractivity contribution >= 4 is 142 Å². The van der Waals surface area contributed by atoms with E-state index in [-0.39, 0.29) is 136 Å². The summed E-state index contributed by atoms with van der Waals surface area (Å²) in [6.45, 7) is 19.0. The molecule has 8 amide bonds. The Bertz CT molecular complexity index is 6640. The second kappa shape index (κ2) is 50.7. The molecule has 2 aliphatic carbocycles. The number of amides is 8. The number of halogens is 1. The molecule has 788 valence electrons. The Morgan fingerprint density at radius 1 is 0.383 bits per heavy atom. The van der Waals surface area contributed by atoms with Gasteiger partial charge >= 0.3 is 0 Å². The minimum atomic E-state index is -0.630. The van der Waals surface area contributed by atoms with Gasteiger partial charge in [0.25, 0.3) is 0 Å². The molecule has 6 aromatic carbocycles. The Balaban J connectivity index is 0.000000135. The van der Waals surface area contributed by atoms with E-state index in [9.17, 15) is 57.1 Å². The number of hydrogen-bond donors (Lipinski definition) is 8. The highest BCUT2D eigenvalue weighted by atomic mass is 32.1. The standard InChI is InChI=1S/C29H35FN4O3S.C29H34N4O3S.C29H36N4O3S.C28H34N4O4S/c1-3-31-18(2)27(35)33-26(19-12-15-37-16-13-19)29(36)34-14-6-9-25(34)28-32-24(17-38-28)22-10-11-23(30)21-8-5-4-7-20(21)22;1-18(30-2)27(35)32-26(20-12-14-21(34)15-13-20)29(36)33-16-6-11-25(33)28-31-24(17-37-28)23-10-5-8-19-7-3-4-9-22(19)23;1-3-18(2)27(35)32-26(19-10-5-4-6-11-19)29(36)33-15-9-14-24(33)28-31-23(17-37-28)21-16-25(34)30-22-13-8-7-12-20(21)22;1-3-17(2)26(34)31-25(18-10-13-36-14-11-18)28(35)32-12-6-9-23(32)27-30-22(16-37-27)20-15-24(33)29-21-8-5-4-7-19(20)21/h4-5,7-8,10-11,17-19,25-26,31H,3,6,9,12-16H2,1-2H3,(H,33,35);3-5,7-10,17-18,20,25-26,30H,6,11-16H2,1-2H3,(H,32,35);7-8,12-13,16-19,24,26H,3-6,9-11,14-15H2,1-2H3,(H,30,34)(H,32,35);4-5,7-8,15-18,23,25H,3,6,9-14H2,1-2H3,(H,29,33)(H,31,34)/t2*18-,25-,26-;18-,24+,26+;17-,23+,25+/m0011/s1. The van der Waals surface area contributed by atoms with Crippen LogP contribution in [0.2, 0.25) is 0 Å². The molecule has 12 atom stereocenters. The molecule has 8 N–H and O–H groups in total. The quantitative estimate of drug-likeness (QED) is 0.0216. The SMILES string of the molecule is CCN[C@@H](C)C(=O)N[C@H](C(=O)N1CCC[C@H]1c1nc(-c2ccc(F)c3ccccc23)cs1)C1CCOCC1.CC[C@@H](C)C(=O)N[C@H](C(=O)N1CCC[C@H]1c1nc(-c2cc(=O)[nH]c3ccccc23)cs1)C1CCCCC1.CC[C@@H](C)C(=O)N[C@H](C(=O)N1CCC[C@H]1c1nc(-c2cc(=O)[nH]c3ccccc23)cs1)C1CCOCC1.CN[C@@H](C)C(=O)N[C@H](C(=O)N1CCC[C@H]1c1nc(-c2cccc3ccccc23)cs1)C1CCC(=O)CC1. The van der Waals surface area contributed by atoms with Crippen molar-refractivity contribution in [2.75, 3.05) is 66.2 Å². The molecule has 6 aliphatic heterocycles. The van der Waals surface area contributed by atoms with Crippen LogP contribution in [0.25, 0.3) is 88.4 Å². The molecule has 6 saturated heterocycles. The number of ketones is 1. The van der Waals surface area contributed by atoms with E-state index in [0.717, 1.165) is 213 Å². The van der Waals surface area contributed by atoms with Crippen molar-refractivity contribution in [3.05, 3.63) is 208 Å². The molecular formula is C115H139FN16O13S4. The van der Waals surface area contributed by atoms with Gasteiger partial charge in [-0.25, -0.2) is 24.3 Å². The number of hydrogen-bond acceptors (Lipinski definition) is 23. The van der Waals surface area contributed by atoms with Crippen molar-refractivity contribution in [3.63, 3.8) is 0 Å². The summed E-state index contributed by atoms with van der Waals surface area (Å²) < 4.78 is 25.5. The van der Waals surface area contributed by atoms with Gasteiger partial charge in [-0.1, -0.05) is 157 Å². The fraction of sp³-hybridized carbons (Fsp3) is 0.487. The highest BCUT2D eigenvalue weighted by Crippen LogP contribution is 2.46. The minimum Gasteiger partial charge on any atom is -0.381 e. The summed E-state index contributed by atoms with van der Waals surface area (Å²) in [5.74, 6) is -0.571. The van der Waals surface area contributed by atoms with Crippen molar-refractivity contribution in [3.8, 4) is 45.0 Å². The first-order valence-corrected chi connectivity index (χ1v) is 57.1. The lowest BCUT2D eigenvalue weighted by atomic mass is 9.82. The first-order chi connectivity index (χ1) is 72.3. The number of pyridine rings is 2. The number of likely N-dealkylation sites (N-methyl/N-ethyl adjacent to an activating group) is 2. The van der Waals surface area contributed by atoms with Crippen LogP contribution in [0.3, 0.4) is 0 Å². The monoisotopic (exact) mass is 2100 g/mol. The van der Waals surface area contributed by atoms with Crippen molar-refractivity contribution in [2.24, 2.45) is 35.5 Å². The molecule has 6 aromatic heterocycles. The summed E-state index contributed by atoms with van der Waals surface area (Å²) in [7, 11) is 1.73. The van der Waals surface area contributed by atoms with Gasteiger partial charge in [-0.15, -0.1) is 45.3 Å². The molecule has 0 radical (unpaired) electrons. The average Bonchev–Trinajstić information content (AvgIpc) is 1.67. The van der Waals surface area contributed by atoms with Crippen LogP contribution < -0.4 is 43.0 Å². The second-order valence-corrected chi connectivity index (χ2v) is 44.5. The predicted molar refractivity (Wildman–Crippen MR) is 585 cm³/mol. The number of nitrogens with zero attached hydrogens (tertiary/aromatic N) is 8. The van der Waals surface area contributed by atoms with E-state index >= 15 is 0 Å². The Labute approximate surface area is 885 Å². The molecule has 34 heteroatoms. The van der Waals surface area contributed by atoms with Crippen LogP contribution in [-0.2, 0) is 52.6 Å². The summed E-state index contributed by atoms with van der Waals surface area (Å²) in [6, 6.07) is 40.3. The zero-order chi connectivity index (χ0) is 104. The fourth-order valence-electron chi connectivity index (χ4n) is 22.3. The first-order valence-electron chi connectivity index (χ1n) is 53.6. The molecule has 8 fully saturated rings. The number of para-hydroxylation sites is 2. The lowest BCUT2D eigenvalue weighted by Crippen LogP contribution is -2.56. The van der Waals surface area contributed by atoms with Crippen molar-refractivity contribution in [1.82, 2.24) is 81.4 Å². The third-order valence-electron chi connectivity index (χ3n) is 31.4. The van der Waals surface area contributed by atoms with Gasteiger partial charge in [0, 0.05) is 160 Å². The third-order valence-corrected chi connectivity index (χ3v) is 35.2. The van der Waals surface area contributed by atoms with Gasteiger partial charge in [-0.05, 0) is 207 Å². The Morgan fingerprint density at radius 2 is 0.732 bits per heavy atom. The lowest BCUT2D eigenvalue weighted by molar-refractivity contribution is -0.140. The number of H-pyrrole nitrogens is 2. The summed E-state index contributed by atoms with van der Waals surface area (Å²) in [5.41, 5.74) is 8.01. The molecule has 12 aromatic rings. The fourth-order valence-corrected chi connectivity index (χ4v) is 26.2. The summed E-state index contributed by atoms with van der Waals surface area (Å²) in [6.07, 6.45) is 19.0. The number of aromatic nitrogens is 6. The zero-order valence-electron chi connectivity index (χ0n) is 86.3. The van der Waals surface area contributed by atoms with Crippen LogP contribution in [0, 0.1) is 41.3 Å². The molecule has 2 saturated carbocycles. The topological polar surface area (TPSA) is 375 Å². The number of likely N-dealkylation sites (tertiary alicyclic amines) is 4. The lowest BCUT2D eigenvalue weighted by Gasteiger charge is -2.35. The number of thiazole rings is 4. The van der Waals surface area contributed by atoms with E-state index in [2.05, 4.69) is 77.6 Å².